The van der Waals surface area contributed by atoms with Crippen LogP contribution < -0.4 is 4.72 Å². The fourth-order valence-corrected chi connectivity index (χ4v) is 3.56. The third kappa shape index (κ3) is 4.94. The van der Waals surface area contributed by atoms with Crippen LogP contribution in [0.2, 0.25) is 0 Å². The molecule has 1 aliphatic carbocycles. The van der Waals surface area contributed by atoms with E-state index in [1.165, 1.54) is 0 Å². The number of nitrogens with one attached hydrogen (secondary N) is 1. The molecule has 0 aliphatic heterocycles. The van der Waals surface area contributed by atoms with E-state index in [-0.39, 0.29) is 11.7 Å². The molecule has 6 heteroatoms. The molecule has 1 aliphatic rings. The predicted octanol–water partition coefficient (Wildman–Crippen LogP) is 1.11. The zero-order valence-corrected chi connectivity index (χ0v) is 12.1. The van der Waals surface area contributed by atoms with E-state index in [2.05, 4.69) is 4.72 Å². The number of hydrogen-bond acceptors (Lipinski definition) is 3. The maximum Gasteiger partial charge on any atom is 0.219 e. The fourth-order valence-electron chi connectivity index (χ4n) is 2.48. The number of nitrogens with zero attached hydrogens (tertiary/aromatic N) is 1. The highest BCUT2D eigenvalue weighted by Crippen LogP contribution is 2.23. The molecule has 1 N–H and O–H groups in total. The third-order valence-electron chi connectivity index (χ3n) is 3.32. The monoisotopic (exact) mass is 276 g/mol. The van der Waals surface area contributed by atoms with Crippen LogP contribution in [0.4, 0.5) is 0 Å². The lowest BCUT2D eigenvalue weighted by Crippen LogP contribution is -2.42. The first-order valence-corrected chi connectivity index (χ1v) is 8.36. The summed E-state index contributed by atoms with van der Waals surface area (Å²) in [5.41, 5.74) is 0. The van der Waals surface area contributed by atoms with Crippen LogP contribution in [0.3, 0.4) is 0 Å². The molecule has 0 aromatic carbocycles. The molecular formula is C12H24N2O3S. The topological polar surface area (TPSA) is 66.5 Å². The van der Waals surface area contributed by atoms with Crippen LogP contribution in [-0.2, 0) is 14.8 Å². The summed E-state index contributed by atoms with van der Waals surface area (Å²) in [5, 5.41) is 0. The third-order valence-corrected chi connectivity index (χ3v) is 4.91. The van der Waals surface area contributed by atoms with Crippen molar-refractivity contribution in [1.29, 1.82) is 0 Å². The first-order valence-electron chi connectivity index (χ1n) is 6.71. The van der Waals surface area contributed by atoms with Gasteiger partial charge in [-0.15, -0.1) is 0 Å². The summed E-state index contributed by atoms with van der Waals surface area (Å²) in [6.45, 7) is 4.18. The summed E-state index contributed by atoms with van der Waals surface area (Å²) in [4.78, 5) is 13.4. The zero-order chi connectivity index (χ0) is 13.6. The molecule has 5 nitrogen and oxygen atoms in total. The van der Waals surface area contributed by atoms with Crippen molar-refractivity contribution in [2.24, 2.45) is 0 Å². The van der Waals surface area contributed by atoms with E-state index in [9.17, 15) is 13.2 Å². The first kappa shape index (κ1) is 15.4. The highest BCUT2D eigenvalue weighted by atomic mass is 32.2. The van der Waals surface area contributed by atoms with E-state index in [4.69, 9.17) is 0 Å². The summed E-state index contributed by atoms with van der Waals surface area (Å²) in [5.74, 6) is 0.188. The summed E-state index contributed by atoms with van der Waals surface area (Å²) in [6.07, 6.45) is 5.02. The molecular weight excluding hydrogens is 252 g/mol. The van der Waals surface area contributed by atoms with Crippen LogP contribution in [-0.4, -0.2) is 44.1 Å². The summed E-state index contributed by atoms with van der Waals surface area (Å²) in [6, 6.07) is 0.304. The molecule has 0 aromatic heterocycles. The van der Waals surface area contributed by atoms with Crippen LogP contribution >= 0.6 is 0 Å². The molecule has 0 unspecified atom stereocenters. The number of sulfonamides is 1. The van der Waals surface area contributed by atoms with E-state index in [0.717, 1.165) is 25.7 Å². The van der Waals surface area contributed by atoms with Gasteiger partial charge in [0.2, 0.25) is 15.9 Å². The van der Waals surface area contributed by atoms with Crippen LogP contribution in [0.5, 0.6) is 0 Å². The highest BCUT2D eigenvalue weighted by Gasteiger charge is 2.24. The number of carbonyl (C=O) groups is 1. The quantitative estimate of drug-likeness (QED) is 0.757. The Morgan fingerprint density at radius 2 is 1.94 bits per heavy atom. The molecule has 106 valence electrons. The van der Waals surface area contributed by atoms with Crippen molar-refractivity contribution in [1.82, 2.24) is 9.62 Å². The molecule has 0 aromatic rings. The molecule has 0 radical (unpaired) electrons. The summed E-state index contributed by atoms with van der Waals surface area (Å²) >= 11 is 0. The molecule has 1 amide bonds. The molecule has 0 spiro atoms. The SMILES string of the molecule is CCCS(=O)(=O)NCCN(C(C)=O)C1CCCC1. The maximum atomic E-state index is 11.6. The summed E-state index contributed by atoms with van der Waals surface area (Å²) in [7, 11) is -3.16. The van der Waals surface area contributed by atoms with Crippen molar-refractivity contribution in [3.05, 3.63) is 0 Å². The molecule has 18 heavy (non-hydrogen) atoms. The fraction of sp³-hybridized carbons (Fsp3) is 0.917. The Kier molecular flexibility index (Phi) is 6.08. The Morgan fingerprint density at radius 1 is 1.33 bits per heavy atom. The van der Waals surface area contributed by atoms with Gasteiger partial charge in [-0.2, -0.15) is 0 Å². The largest absolute Gasteiger partial charge is 0.339 e. The number of carbonyl (C=O) groups excluding carboxylic acids is 1. The molecule has 0 bridgehead atoms. The van der Waals surface area contributed by atoms with E-state index >= 15 is 0 Å². The second kappa shape index (κ2) is 7.09. The minimum absolute atomic E-state index is 0.0385. The first-order chi connectivity index (χ1) is 8.46. The predicted molar refractivity (Wildman–Crippen MR) is 71.7 cm³/mol. The van der Waals surface area contributed by atoms with Crippen LogP contribution in [0, 0.1) is 0 Å². The molecule has 1 rings (SSSR count). The lowest BCUT2D eigenvalue weighted by Gasteiger charge is -2.27. The average molecular weight is 276 g/mol. The molecule has 0 heterocycles. The van der Waals surface area contributed by atoms with E-state index in [1.54, 1.807) is 6.92 Å². The molecule has 1 fully saturated rings. The second-order valence-electron chi connectivity index (χ2n) is 4.86. The normalized spacial score (nSPS) is 17.0. The van der Waals surface area contributed by atoms with Gasteiger partial charge in [-0.1, -0.05) is 19.8 Å². The van der Waals surface area contributed by atoms with E-state index in [0.29, 0.717) is 25.6 Å². The lowest BCUT2D eigenvalue weighted by molar-refractivity contribution is -0.130. The summed E-state index contributed by atoms with van der Waals surface area (Å²) < 4.78 is 25.5. The standard InChI is InChI=1S/C12H24N2O3S/c1-3-10-18(16,17)13-8-9-14(11(2)15)12-6-4-5-7-12/h12-13H,3-10H2,1-2H3. The zero-order valence-electron chi connectivity index (χ0n) is 11.3. The Bertz CT molecular complexity index is 362. The van der Waals surface area contributed by atoms with Crippen LogP contribution in [0.1, 0.15) is 46.0 Å². The van der Waals surface area contributed by atoms with Gasteiger partial charge >= 0.3 is 0 Å². The van der Waals surface area contributed by atoms with Gasteiger partial charge in [0.15, 0.2) is 0 Å². The minimum Gasteiger partial charge on any atom is -0.339 e. The Balaban J connectivity index is 2.41. The van der Waals surface area contributed by atoms with Crippen molar-refractivity contribution in [3.8, 4) is 0 Å². The van der Waals surface area contributed by atoms with Crippen molar-refractivity contribution < 1.29 is 13.2 Å². The van der Waals surface area contributed by atoms with Gasteiger partial charge in [-0.25, -0.2) is 13.1 Å². The smallest absolute Gasteiger partial charge is 0.219 e. The average Bonchev–Trinajstić information content (AvgIpc) is 2.76. The van der Waals surface area contributed by atoms with E-state index in [1.807, 2.05) is 11.8 Å². The second-order valence-corrected chi connectivity index (χ2v) is 6.79. The molecule has 0 saturated heterocycles. The van der Waals surface area contributed by atoms with Crippen molar-refractivity contribution in [3.63, 3.8) is 0 Å². The van der Waals surface area contributed by atoms with Gasteiger partial charge in [-0.3, -0.25) is 4.79 Å². The van der Waals surface area contributed by atoms with Gasteiger partial charge in [0.1, 0.15) is 0 Å². The van der Waals surface area contributed by atoms with Crippen molar-refractivity contribution in [2.75, 3.05) is 18.8 Å². The Labute approximate surface area is 110 Å². The number of rotatable bonds is 7. The van der Waals surface area contributed by atoms with Gasteiger partial charge in [0.25, 0.3) is 0 Å². The van der Waals surface area contributed by atoms with Gasteiger partial charge < -0.3 is 4.90 Å². The molecule has 0 atom stereocenters. The Hall–Kier alpha value is -0.620. The van der Waals surface area contributed by atoms with Crippen molar-refractivity contribution >= 4 is 15.9 Å². The minimum atomic E-state index is -3.16. The van der Waals surface area contributed by atoms with Gasteiger partial charge in [0.05, 0.1) is 5.75 Å². The van der Waals surface area contributed by atoms with Crippen molar-refractivity contribution in [2.45, 2.75) is 52.0 Å². The van der Waals surface area contributed by atoms with Gasteiger partial charge in [-0.05, 0) is 19.3 Å². The van der Waals surface area contributed by atoms with Crippen LogP contribution in [0.25, 0.3) is 0 Å². The number of hydrogen-bond donors (Lipinski definition) is 1. The van der Waals surface area contributed by atoms with E-state index < -0.39 is 10.0 Å². The van der Waals surface area contributed by atoms with Crippen LogP contribution in [0.15, 0.2) is 0 Å². The Morgan fingerprint density at radius 3 is 2.44 bits per heavy atom. The highest BCUT2D eigenvalue weighted by molar-refractivity contribution is 7.89. The maximum absolute atomic E-state index is 11.6. The van der Waals surface area contributed by atoms with Gasteiger partial charge in [0, 0.05) is 26.1 Å². The molecule has 1 saturated carbocycles. The number of amides is 1. The lowest BCUT2D eigenvalue weighted by atomic mass is 10.2.